The van der Waals surface area contributed by atoms with Gasteiger partial charge in [0.2, 0.25) is 0 Å². The van der Waals surface area contributed by atoms with E-state index >= 15 is 0 Å². The second-order valence-corrected chi connectivity index (χ2v) is 6.55. The van der Waals surface area contributed by atoms with Gasteiger partial charge in [-0.2, -0.15) is 5.10 Å². The minimum Gasteiger partial charge on any atom is -0.507 e. The van der Waals surface area contributed by atoms with Crippen molar-refractivity contribution in [2.75, 3.05) is 0 Å². The van der Waals surface area contributed by atoms with Gasteiger partial charge in [-0.25, -0.2) is 5.43 Å². The lowest BCUT2D eigenvalue weighted by molar-refractivity contribution is 0.0951. The summed E-state index contributed by atoms with van der Waals surface area (Å²) in [5.41, 5.74) is 7.20. The molecule has 4 rings (SSSR count). The minimum absolute atomic E-state index is 0.110. The normalized spacial score (nSPS) is 11.2. The maximum Gasteiger partial charge on any atom is 0.288 e. The van der Waals surface area contributed by atoms with E-state index < -0.39 is 0 Å². The molecule has 0 bridgehead atoms. The summed E-state index contributed by atoms with van der Waals surface area (Å²) >= 11 is 0. The number of nitrogens with zero attached hydrogens (tertiary/aromatic N) is 1. The van der Waals surface area contributed by atoms with E-state index in [0.717, 1.165) is 27.6 Å². The quantitative estimate of drug-likeness (QED) is 0.363. The van der Waals surface area contributed by atoms with E-state index in [4.69, 9.17) is 0 Å². The molecule has 0 fully saturated rings. The molecule has 4 aromatic rings. The maximum atomic E-state index is 12.8. The van der Waals surface area contributed by atoms with E-state index in [-0.39, 0.29) is 11.7 Å². The molecule has 0 saturated carbocycles. The van der Waals surface area contributed by atoms with Crippen molar-refractivity contribution in [3.05, 3.63) is 89.6 Å². The predicted molar refractivity (Wildman–Crippen MR) is 112 cm³/mol. The van der Waals surface area contributed by atoms with E-state index in [1.807, 2.05) is 67.6 Å². The average molecular weight is 369 g/mol. The molecule has 5 heteroatoms. The third kappa shape index (κ3) is 3.38. The number of benzene rings is 3. The summed E-state index contributed by atoms with van der Waals surface area (Å²) in [6, 6.07) is 22.8. The molecule has 0 radical (unpaired) electrons. The van der Waals surface area contributed by atoms with Crippen LogP contribution in [0.15, 0.2) is 77.9 Å². The highest BCUT2D eigenvalue weighted by Crippen LogP contribution is 2.32. The molecule has 3 N–H and O–H groups in total. The highest BCUT2D eigenvalue weighted by molar-refractivity contribution is 6.09. The number of aryl methyl sites for hydroxylation is 1. The van der Waals surface area contributed by atoms with E-state index in [9.17, 15) is 9.90 Å². The summed E-state index contributed by atoms with van der Waals surface area (Å²) in [4.78, 5) is 16.0. The van der Waals surface area contributed by atoms with Gasteiger partial charge < -0.3 is 10.1 Å². The number of phenolic OH excluding ortho intramolecular Hbond substituents is 1. The first-order chi connectivity index (χ1) is 13.6. The summed E-state index contributed by atoms with van der Waals surface area (Å²) in [7, 11) is 0. The third-order valence-corrected chi connectivity index (χ3v) is 4.55. The van der Waals surface area contributed by atoms with E-state index in [1.54, 1.807) is 12.1 Å². The minimum atomic E-state index is -0.349. The number of carbonyl (C=O) groups is 1. The van der Waals surface area contributed by atoms with E-state index in [1.165, 1.54) is 6.21 Å². The topological polar surface area (TPSA) is 77.5 Å². The Morgan fingerprint density at radius 3 is 2.61 bits per heavy atom. The molecule has 0 saturated heterocycles. The van der Waals surface area contributed by atoms with Crippen LogP contribution in [0.4, 0.5) is 0 Å². The Morgan fingerprint density at radius 1 is 1.04 bits per heavy atom. The molecule has 0 aliphatic carbocycles. The number of fused-ring (bicyclic) bond motifs is 1. The summed E-state index contributed by atoms with van der Waals surface area (Å²) in [5.74, 6) is -0.238. The zero-order chi connectivity index (χ0) is 19.5. The van der Waals surface area contributed by atoms with Crippen molar-refractivity contribution in [3.8, 4) is 16.9 Å². The molecular weight excluding hydrogens is 350 g/mol. The molecule has 0 spiro atoms. The van der Waals surface area contributed by atoms with E-state index in [0.29, 0.717) is 11.3 Å². The zero-order valence-electron chi connectivity index (χ0n) is 15.3. The molecule has 1 amide bonds. The van der Waals surface area contributed by atoms with Crippen molar-refractivity contribution in [1.82, 2.24) is 10.4 Å². The highest BCUT2D eigenvalue weighted by atomic mass is 16.3. The first-order valence-corrected chi connectivity index (χ1v) is 8.92. The zero-order valence-corrected chi connectivity index (χ0v) is 15.3. The maximum absolute atomic E-state index is 12.8. The van der Waals surface area contributed by atoms with Gasteiger partial charge >= 0.3 is 0 Å². The van der Waals surface area contributed by atoms with Crippen LogP contribution < -0.4 is 5.43 Å². The van der Waals surface area contributed by atoms with Crippen LogP contribution in [0.2, 0.25) is 0 Å². The van der Waals surface area contributed by atoms with Crippen LogP contribution in [-0.4, -0.2) is 22.2 Å². The Hall–Kier alpha value is -3.86. The van der Waals surface area contributed by atoms with Crippen molar-refractivity contribution in [1.29, 1.82) is 0 Å². The molecular formula is C23H19N3O2. The molecule has 0 atom stereocenters. The fourth-order valence-electron chi connectivity index (χ4n) is 3.21. The molecule has 0 aliphatic heterocycles. The summed E-state index contributed by atoms with van der Waals surface area (Å²) in [5, 5.41) is 14.9. The fraction of sp³-hybridized carbons (Fsp3) is 0.0435. The second kappa shape index (κ2) is 7.40. The number of aromatic amines is 1. The van der Waals surface area contributed by atoms with Gasteiger partial charge in [-0.3, -0.25) is 4.79 Å². The summed E-state index contributed by atoms with van der Waals surface area (Å²) < 4.78 is 0. The largest absolute Gasteiger partial charge is 0.507 e. The molecule has 0 unspecified atom stereocenters. The third-order valence-electron chi connectivity index (χ3n) is 4.55. The molecule has 1 heterocycles. The van der Waals surface area contributed by atoms with Gasteiger partial charge in [-0.1, -0.05) is 60.2 Å². The Labute approximate surface area is 162 Å². The summed E-state index contributed by atoms with van der Waals surface area (Å²) in [6.07, 6.45) is 1.44. The predicted octanol–water partition coefficient (Wildman–Crippen LogP) is 4.61. The van der Waals surface area contributed by atoms with Crippen molar-refractivity contribution in [2.24, 2.45) is 5.10 Å². The fourth-order valence-corrected chi connectivity index (χ4v) is 3.21. The standard InChI is InChI=1S/C23H19N3O2/c1-15-11-12-20(27)17(13-15)14-24-26-23(28)22-21(16-7-3-2-4-8-16)18-9-5-6-10-19(18)25-22/h2-14,25,27H,1H3,(H,26,28)/b24-14+. The molecule has 138 valence electrons. The number of para-hydroxylation sites is 1. The first kappa shape index (κ1) is 17.5. The number of hydrazone groups is 1. The van der Waals surface area contributed by atoms with Crippen LogP contribution in [0.25, 0.3) is 22.0 Å². The van der Waals surface area contributed by atoms with Crippen molar-refractivity contribution in [2.45, 2.75) is 6.92 Å². The lowest BCUT2D eigenvalue weighted by atomic mass is 10.0. The van der Waals surface area contributed by atoms with Gasteiger partial charge in [0.05, 0.1) is 6.21 Å². The monoisotopic (exact) mass is 369 g/mol. The van der Waals surface area contributed by atoms with Gasteiger partial charge in [0.25, 0.3) is 5.91 Å². The van der Waals surface area contributed by atoms with Gasteiger partial charge in [0.15, 0.2) is 0 Å². The Balaban J connectivity index is 1.68. The number of H-pyrrole nitrogens is 1. The molecule has 0 aliphatic rings. The molecule has 1 aromatic heterocycles. The Kier molecular flexibility index (Phi) is 4.64. The summed E-state index contributed by atoms with van der Waals surface area (Å²) in [6.45, 7) is 1.92. The lowest BCUT2D eigenvalue weighted by Crippen LogP contribution is -2.18. The number of carbonyl (C=O) groups excluding carboxylic acids is 1. The van der Waals surface area contributed by atoms with Crippen LogP contribution in [-0.2, 0) is 0 Å². The number of amides is 1. The lowest BCUT2D eigenvalue weighted by Gasteiger charge is -2.04. The number of aromatic nitrogens is 1. The van der Waals surface area contributed by atoms with Gasteiger partial charge in [-0.15, -0.1) is 0 Å². The number of rotatable bonds is 4. The van der Waals surface area contributed by atoms with Crippen LogP contribution in [0, 0.1) is 6.92 Å². The number of hydrogen-bond acceptors (Lipinski definition) is 3. The Bertz CT molecular complexity index is 1180. The number of nitrogens with one attached hydrogen (secondary N) is 2. The smallest absolute Gasteiger partial charge is 0.288 e. The number of aromatic hydroxyl groups is 1. The van der Waals surface area contributed by atoms with E-state index in [2.05, 4.69) is 15.5 Å². The average Bonchev–Trinajstić information content (AvgIpc) is 3.11. The first-order valence-electron chi connectivity index (χ1n) is 8.92. The number of hydrogen-bond donors (Lipinski definition) is 3. The van der Waals surface area contributed by atoms with Crippen molar-refractivity contribution < 1.29 is 9.90 Å². The van der Waals surface area contributed by atoms with Crippen LogP contribution >= 0.6 is 0 Å². The van der Waals surface area contributed by atoms with Crippen molar-refractivity contribution >= 4 is 23.0 Å². The second-order valence-electron chi connectivity index (χ2n) is 6.55. The molecule has 28 heavy (non-hydrogen) atoms. The number of phenols is 1. The Morgan fingerprint density at radius 2 is 1.79 bits per heavy atom. The van der Waals surface area contributed by atoms with Gasteiger partial charge in [0, 0.05) is 22.0 Å². The van der Waals surface area contributed by atoms with Crippen LogP contribution in [0.1, 0.15) is 21.6 Å². The van der Waals surface area contributed by atoms with Crippen LogP contribution in [0.5, 0.6) is 5.75 Å². The van der Waals surface area contributed by atoms with Gasteiger partial charge in [0.1, 0.15) is 11.4 Å². The molecule has 5 nitrogen and oxygen atoms in total. The SMILES string of the molecule is Cc1ccc(O)c(/C=N/NC(=O)c2[nH]c3ccccc3c2-c2ccccc2)c1. The van der Waals surface area contributed by atoms with Crippen molar-refractivity contribution in [3.63, 3.8) is 0 Å². The van der Waals surface area contributed by atoms with Gasteiger partial charge in [-0.05, 0) is 30.7 Å². The molecule has 3 aromatic carbocycles. The van der Waals surface area contributed by atoms with Crippen LogP contribution in [0.3, 0.4) is 0 Å². The highest BCUT2D eigenvalue weighted by Gasteiger charge is 2.18.